The maximum absolute atomic E-state index is 12.0. The predicted molar refractivity (Wildman–Crippen MR) is 106 cm³/mol. The van der Waals surface area contributed by atoms with Gasteiger partial charge in [0, 0.05) is 24.2 Å². The minimum Gasteiger partial charge on any atom is -0.529 e. The van der Waals surface area contributed by atoms with Gasteiger partial charge in [0.1, 0.15) is 11.5 Å². The molecule has 0 aromatic heterocycles. The van der Waals surface area contributed by atoms with Gasteiger partial charge < -0.3 is 19.9 Å². The van der Waals surface area contributed by atoms with Crippen LogP contribution in [0.25, 0.3) is 0 Å². The first kappa shape index (κ1) is 21.3. The molecule has 0 heterocycles. The van der Waals surface area contributed by atoms with Crippen LogP contribution in [0.4, 0.5) is 0 Å². The molecule has 2 N–H and O–H groups in total. The third-order valence-corrected chi connectivity index (χ3v) is 3.69. The lowest BCUT2D eigenvalue weighted by atomic mass is 10.2. The topological polar surface area (TPSA) is 124 Å². The summed E-state index contributed by atoms with van der Waals surface area (Å²) in [6, 6.07) is 17.1. The number of carbonyl (C=O) groups is 2. The molecule has 2 rings (SSSR count). The molecule has 0 aliphatic heterocycles. The molecule has 0 saturated carbocycles. The van der Waals surface area contributed by atoms with Crippen LogP contribution in [0.15, 0.2) is 48.5 Å². The largest absolute Gasteiger partial charge is 0.576 e. The number of nitriles is 2. The van der Waals surface area contributed by atoms with Crippen LogP contribution in [0.3, 0.4) is 0 Å². The lowest BCUT2D eigenvalue weighted by molar-refractivity contribution is 0.0946. The van der Waals surface area contributed by atoms with Crippen molar-refractivity contribution in [2.75, 3.05) is 13.1 Å². The van der Waals surface area contributed by atoms with Crippen LogP contribution in [0.5, 0.6) is 11.5 Å². The highest BCUT2D eigenvalue weighted by molar-refractivity contribution is 6.20. The van der Waals surface area contributed by atoms with Crippen LogP contribution in [-0.4, -0.2) is 32.6 Å². The highest BCUT2D eigenvalue weighted by Gasteiger charge is 2.09. The Morgan fingerprint density at radius 3 is 1.69 bits per heavy atom. The van der Waals surface area contributed by atoms with Crippen molar-refractivity contribution in [3.63, 3.8) is 0 Å². The standard InChI is InChI=1S/C20H19BN4O4/c22-9-3-11-24-19(26)15-5-1-7-17(13-15)28-21-29-18-8-2-6-16(14-18)20(27)25-12-4-10-23/h1-2,5-8,13-14,21H,3-4,11-12H2,(H,24,26)(H,25,27). The van der Waals surface area contributed by atoms with Gasteiger partial charge in [0.25, 0.3) is 11.8 Å². The molecule has 0 spiro atoms. The molecule has 0 unspecified atom stereocenters. The number of benzene rings is 2. The lowest BCUT2D eigenvalue weighted by Gasteiger charge is -2.10. The van der Waals surface area contributed by atoms with Crippen molar-refractivity contribution in [3.05, 3.63) is 59.7 Å². The van der Waals surface area contributed by atoms with Crippen molar-refractivity contribution < 1.29 is 18.9 Å². The third kappa shape index (κ3) is 7.27. The summed E-state index contributed by atoms with van der Waals surface area (Å²) < 4.78 is 11.0. The lowest BCUT2D eigenvalue weighted by Crippen LogP contribution is -2.24. The number of nitrogens with zero attached hydrogens (tertiary/aromatic N) is 2. The van der Waals surface area contributed by atoms with Gasteiger partial charge in [0.05, 0.1) is 25.0 Å². The predicted octanol–water partition coefficient (Wildman–Crippen LogP) is 1.70. The molecule has 2 aromatic rings. The van der Waals surface area contributed by atoms with E-state index in [9.17, 15) is 9.59 Å². The van der Waals surface area contributed by atoms with Gasteiger partial charge in [-0.25, -0.2) is 0 Å². The second-order valence-electron chi connectivity index (χ2n) is 5.79. The van der Waals surface area contributed by atoms with E-state index in [4.69, 9.17) is 19.8 Å². The normalized spacial score (nSPS) is 9.45. The molecule has 29 heavy (non-hydrogen) atoms. The van der Waals surface area contributed by atoms with E-state index in [-0.39, 0.29) is 45.4 Å². The number of amides is 2. The zero-order valence-corrected chi connectivity index (χ0v) is 15.7. The van der Waals surface area contributed by atoms with E-state index >= 15 is 0 Å². The van der Waals surface area contributed by atoms with Gasteiger partial charge in [-0.2, -0.15) is 10.5 Å². The van der Waals surface area contributed by atoms with Crippen molar-refractivity contribution in [2.24, 2.45) is 0 Å². The number of rotatable bonds is 10. The average molecular weight is 390 g/mol. The van der Waals surface area contributed by atoms with E-state index in [1.54, 1.807) is 48.5 Å². The van der Waals surface area contributed by atoms with E-state index in [0.717, 1.165) is 0 Å². The van der Waals surface area contributed by atoms with E-state index in [2.05, 4.69) is 10.6 Å². The first-order chi connectivity index (χ1) is 14.1. The molecule has 0 radical (unpaired) electrons. The Labute approximate surface area is 169 Å². The van der Waals surface area contributed by atoms with Crippen molar-refractivity contribution in [1.29, 1.82) is 10.5 Å². The van der Waals surface area contributed by atoms with Gasteiger partial charge in [-0.1, -0.05) is 12.1 Å². The van der Waals surface area contributed by atoms with E-state index in [1.807, 2.05) is 12.1 Å². The van der Waals surface area contributed by atoms with Crippen LogP contribution in [0, 0.1) is 22.7 Å². The highest BCUT2D eigenvalue weighted by Crippen LogP contribution is 2.15. The van der Waals surface area contributed by atoms with Crippen molar-refractivity contribution in [2.45, 2.75) is 12.8 Å². The summed E-state index contributed by atoms with van der Waals surface area (Å²) in [6.45, 7) is 0.563. The number of nitrogens with one attached hydrogen (secondary N) is 2. The second kappa shape index (κ2) is 11.7. The molecule has 9 heteroatoms. The summed E-state index contributed by atoms with van der Waals surface area (Å²) >= 11 is 0. The summed E-state index contributed by atoms with van der Waals surface area (Å²) in [5.74, 6) is 0.315. The molecule has 8 nitrogen and oxygen atoms in total. The molecule has 0 bridgehead atoms. The smallest absolute Gasteiger partial charge is 0.529 e. The van der Waals surface area contributed by atoms with Crippen LogP contribution in [-0.2, 0) is 0 Å². The fourth-order valence-electron chi connectivity index (χ4n) is 2.29. The third-order valence-electron chi connectivity index (χ3n) is 3.69. The van der Waals surface area contributed by atoms with Gasteiger partial charge >= 0.3 is 7.69 Å². The van der Waals surface area contributed by atoms with Crippen LogP contribution in [0.1, 0.15) is 33.6 Å². The molecule has 146 valence electrons. The monoisotopic (exact) mass is 390 g/mol. The number of carbonyl (C=O) groups excluding carboxylic acids is 2. The summed E-state index contributed by atoms with van der Waals surface area (Å²) in [4.78, 5) is 24.0. The van der Waals surface area contributed by atoms with Crippen molar-refractivity contribution in [1.82, 2.24) is 10.6 Å². The fourth-order valence-corrected chi connectivity index (χ4v) is 2.29. The summed E-state index contributed by atoms with van der Waals surface area (Å²) in [6.07, 6.45) is 0.483. The Hall–Kier alpha value is -3.98. The van der Waals surface area contributed by atoms with Crippen LogP contribution in [0.2, 0.25) is 0 Å². The second-order valence-corrected chi connectivity index (χ2v) is 5.79. The molecular weight excluding hydrogens is 371 g/mol. The van der Waals surface area contributed by atoms with E-state index in [0.29, 0.717) is 22.6 Å². The molecule has 0 aliphatic carbocycles. The van der Waals surface area contributed by atoms with Crippen LogP contribution < -0.4 is 19.9 Å². The van der Waals surface area contributed by atoms with Gasteiger partial charge in [-0.15, -0.1) is 0 Å². The average Bonchev–Trinajstić information content (AvgIpc) is 2.74. The Balaban J connectivity index is 1.87. The summed E-state index contributed by atoms with van der Waals surface area (Å²) in [5, 5.41) is 22.3. The Morgan fingerprint density at radius 2 is 1.28 bits per heavy atom. The molecule has 0 saturated heterocycles. The molecule has 0 atom stereocenters. The van der Waals surface area contributed by atoms with Crippen LogP contribution >= 0.6 is 0 Å². The minimum absolute atomic E-state index is 0.112. The zero-order valence-electron chi connectivity index (χ0n) is 15.7. The molecule has 2 aromatic carbocycles. The first-order valence-corrected chi connectivity index (χ1v) is 8.90. The van der Waals surface area contributed by atoms with Gasteiger partial charge in [-0.3, -0.25) is 9.59 Å². The number of hydrogen-bond donors (Lipinski definition) is 2. The van der Waals surface area contributed by atoms with Gasteiger partial charge in [0.2, 0.25) is 0 Å². The van der Waals surface area contributed by atoms with Gasteiger partial charge in [0.15, 0.2) is 0 Å². The molecular formula is C20H19BN4O4. The zero-order chi connectivity index (χ0) is 20.9. The molecule has 2 amide bonds. The molecule has 0 aliphatic rings. The Kier molecular flexibility index (Phi) is 8.59. The number of hydrogen-bond acceptors (Lipinski definition) is 6. The fraction of sp³-hybridized carbons (Fsp3) is 0.200. The van der Waals surface area contributed by atoms with E-state index in [1.165, 1.54) is 0 Å². The van der Waals surface area contributed by atoms with Crippen molar-refractivity contribution in [3.8, 4) is 23.6 Å². The van der Waals surface area contributed by atoms with Gasteiger partial charge in [-0.05, 0) is 36.4 Å². The van der Waals surface area contributed by atoms with E-state index < -0.39 is 0 Å². The maximum Gasteiger partial charge on any atom is 0.576 e. The minimum atomic E-state index is -0.290. The summed E-state index contributed by atoms with van der Waals surface area (Å²) in [5.41, 5.74) is 0.827. The first-order valence-electron chi connectivity index (χ1n) is 8.90. The Bertz CT molecular complexity index is 861. The maximum atomic E-state index is 12.0. The SMILES string of the molecule is N#CCCNC(=O)c1cccc(OBOc2cccc(C(=O)NCCC#N)c2)c1. The summed E-state index contributed by atoms with van der Waals surface area (Å²) in [7, 11) is -0.112. The highest BCUT2D eigenvalue weighted by atomic mass is 16.6. The Morgan fingerprint density at radius 1 is 0.828 bits per heavy atom. The molecule has 0 fully saturated rings. The quantitative estimate of drug-likeness (QED) is 0.470. The van der Waals surface area contributed by atoms with Crippen molar-refractivity contribution >= 4 is 19.5 Å².